The third kappa shape index (κ3) is 4.69. The van der Waals surface area contributed by atoms with Gasteiger partial charge >= 0.3 is 40.8 Å². The molecular formula is C23H26BrClIN5O2Os-. The van der Waals surface area contributed by atoms with Crippen LogP contribution in [0.4, 0.5) is 4.79 Å². The predicted octanol–water partition coefficient (Wildman–Crippen LogP) is 6.54. The Morgan fingerprint density at radius 3 is 2.56 bits per heavy atom. The van der Waals surface area contributed by atoms with Gasteiger partial charge in [0.1, 0.15) is 10.2 Å². The second kappa shape index (κ2) is 9.64. The number of benzene rings is 1. The third-order valence-corrected chi connectivity index (χ3v) is 7.60. The van der Waals surface area contributed by atoms with Gasteiger partial charge in [0.25, 0.3) is 0 Å². The number of fused-ring (bicyclic) bond motifs is 1. The molecule has 185 valence electrons. The van der Waals surface area contributed by atoms with Crippen molar-refractivity contribution in [3.8, 4) is 11.1 Å². The van der Waals surface area contributed by atoms with Crippen molar-refractivity contribution in [2.24, 2.45) is 5.41 Å². The van der Waals surface area contributed by atoms with E-state index in [1.165, 1.54) is 0 Å². The zero-order valence-corrected chi connectivity index (χ0v) is 26.6. The molecule has 2 aromatic heterocycles. The molecule has 2 aliphatic rings. The van der Waals surface area contributed by atoms with Crippen molar-refractivity contribution in [1.29, 1.82) is 0 Å². The van der Waals surface area contributed by atoms with Crippen LogP contribution in [0.25, 0.3) is 22.0 Å². The average molecular weight is 837 g/mol. The molecule has 3 heterocycles. The Morgan fingerprint density at radius 2 is 1.94 bits per heavy atom. The molecule has 1 spiro atoms. The zero-order chi connectivity index (χ0) is 25.0. The summed E-state index contributed by atoms with van der Waals surface area (Å²) in [6.07, 6.45) is 3.53. The van der Waals surface area contributed by atoms with Gasteiger partial charge in [0.2, 0.25) is 0 Å². The molecule has 0 N–H and O–H groups in total. The summed E-state index contributed by atoms with van der Waals surface area (Å²) in [7, 11) is 0. The van der Waals surface area contributed by atoms with Crippen LogP contribution in [-0.2, 0) is 19.8 Å². The van der Waals surface area contributed by atoms with E-state index < -0.39 is 5.60 Å². The summed E-state index contributed by atoms with van der Waals surface area (Å²) in [6, 6.07) is 2.26. The van der Waals surface area contributed by atoms with Gasteiger partial charge in [0.05, 0.1) is 11.1 Å². The first kappa shape index (κ1) is 26.4. The van der Waals surface area contributed by atoms with Crippen molar-refractivity contribution in [3.63, 3.8) is 0 Å². The Morgan fingerprint density at radius 1 is 1.29 bits per heavy atom. The number of aromatic nitrogens is 4. The summed E-state index contributed by atoms with van der Waals surface area (Å²) in [6.45, 7) is 11.3. The molecule has 3 aromatic rings. The molecule has 0 bridgehead atoms. The van der Waals surface area contributed by atoms with Crippen LogP contribution >= 0.6 is 47.2 Å². The van der Waals surface area contributed by atoms with Crippen LogP contribution in [0.2, 0.25) is 5.02 Å². The summed E-state index contributed by atoms with van der Waals surface area (Å²) >= 11 is 14.4. The number of carbonyl (C=O) groups excluding carboxylic acids is 1. The molecule has 0 unspecified atom stereocenters. The van der Waals surface area contributed by atoms with Gasteiger partial charge in [-0.05, 0) is 74.3 Å². The van der Waals surface area contributed by atoms with Gasteiger partial charge in [0, 0.05) is 41.5 Å². The topological polar surface area (TPSA) is 74.4 Å². The Labute approximate surface area is 233 Å². The van der Waals surface area contributed by atoms with Crippen LogP contribution in [0.1, 0.15) is 50.9 Å². The van der Waals surface area contributed by atoms with Gasteiger partial charge in [-0.3, -0.25) is 4.68 Å². The molecule has 2 fully saturated rings. The molecule has 1 saturated carbocycles. The van der Waals surface area contributed by atoms with Crippen molar-refractivity contribution in [3.05, 3.63) is 33.1 Å². The second-order valence-corrected chi connectivity index (χ2v) is 11.4. The summed E-state index contributed by atoms with van der Waals surface area (Å²) < 4.78 is 8.37. The quantitative estimate of drug-likeness (QED) is 0.275. The molecule has 1 aliphatic carbocycles. The van der Waals surface area contributed by atoms with E-state index in [1.54, 1.807) is 11.1 Å². The van der Waals surface area contributed by atoms with Crippen molar-refractivity contribution >= 4 is 64.2 Å². The maximum absolute atomic E-state index is 12.3. The molecule has 7 nitrogen and oxygen atoms in total. The monoisotopic (exact) mass is 837 g/mol. The number of hydrogen-bond acceptors (Lipinski definition) is 4. The first-order valence-electron chi connectivity index (χ1n) is 10.9. The standard InChI is InChI=1S/C23H26BrClN5O2.HI.Os/c1-12-6-16-15(9-26-27-16)18(19(12)25)17-13(2)30(28-20(17)24)14-7-23(8-14)10-29(11-23)21(31)32-22(3,4)5;;/h6,9,14H,7-8,10-11H2,1-5H3;1H;/q-1;;+1/p-1. The van der Waals surface area contributed by atoms with Gasteiger partial charge in [-0.15, -0.1) is 5.52 Å². The van der Waals surface area contributed by atoms with E-state index >= 15 is 0 Å². The fourth-order valence-electron chi connectivity index (χ4n) is 5.11. The van der Waals surface area contributed by atoms with Gasteiger partial charge in [-0.25, -0.2) is 4.79 Å². The van der Waals surface area contributed by atoms with Gasteiger partial charge in [-0.2, -0.15) is 5.10 Å². The van der Waals surface area contributed by atoms with Crippen LogP contribution in [0, 0.1) is 19.3 Å². The summed E-state index contributed by atoms with van der Waals surface area (Å²) in [5, 5.41) is 14.8. The average Bonchev–Trinajstić information content (AvgIpc) is 3.26. The number of aryl methyl sites for hydroxylation is 1. The minimum absolute atomic E-state index is 0.181. The molecule has 34 heavy (non-hydrogen) atoms. The first-order chi connectivity index (χ1) is 16.0. The van der Waals surface area contributed by atoms with Crippen molar-refractivity contribution in [2.45, 2.75) is 59.1 Å². The van der Waals surface area contributed by atoms with E-state index in [-0.39, 0.29) is 11.5 Å². The second-order valence-electron chi connectivity index (χ2n) is 10.3. The van der Waals surface area contributed by atoms with E-state index in [1.807, 2.05) is 48.8 Å². The minimum atomic E-state index is -0.466. The molecule has 11 heteroatoms. The number of carbonyl (C=O) groups is 1. The van der Waals surface area contributed by atoms with Crippen LogP contribution in [0.3, 0.4) is 0 Å². The molecule has 0 radical (unpaired) electrons. The van der Waals surface area contributed by atoms with Gasteiger partial charge < -0.3 is 19.8 Å². The van der Waals surface area contributed by atoms with Crippen LogP contribution < -0.4 is 5.10 Å². The summed E-state index contributed by atoms with van der Waals surface area (Å²) in [5.74, 6) is 0. The van der Waals surface area contributed by atoms with Crippen LogP contribution in [-0.4, -0.2) is 44.6 Å². The number of amides is 1. The zero-order valence-electron chi connectivity index (χ0n) is 19.6. The van der Waals surface area contributed by atoms with E-state index in [0.29, 0.717) is 11.1 Å². The number of likely N-dealkylation sites (tertiary alicyclic amines) is 1. The normalized spacial score (nSPS) is 17.3. The molecule has 1 amide bonds. The fraction of sp³-hybridized carbons (Fsp3) is 0.522. The summed E-state index contributed by atoms with van der Waals surface area (Å²) in [4.78, 5) is 14.1. The molecule has 1 aromatic carbocycles. The first-order valence-corrected chi connectivity index (χ1v) is 19.3. The van der Waals surface area contributed by atoms with E-state index in [2.05, 4.69) is 57.4 Å². The molecule has 5 rings (SSSR count). The van der Waals surface area contributed by atoms with E-state index in [4.69, 9.17) is 21.4 Å². The van der Waals surface area contributed by atoms with Crippen LogP contribution in [0.5, 0.6) is 0 Å². The van der Waals surface area contributed by atoms with Gasteiger partial charge in [-0.1, -0.05) is 17.7 Å². The molecular weight excluding hydrogens is 811 g/mol. The Hall–Kier alpha value is -0.694. The SMILES string of the molecule is Cc1cc2[n-]ncc2c(-c2c(Br)nn(C3CC4(C3)CN(C(=O)OC(C)(C)C)C4)c2C)c1Cl.[I][Os]. The predicted molar refractivity (Wildman–Crippen MR) is 141 cm³/mol. The van der Waals surface area contributed by atoms with Crippen molar-refractivity contribution < 1.29 is 24.6 Å². The molecule has 0 atom stereocenters. The van der Waals surface area contributed by atoms with E-state index in [9.17, 15) is 4.79 Å². The van der Waals surface area contributed by atoms with E-state index in [0.717, 1.165) is 63.8 Å². The number of hydrogen-bond donors (Lipinski definition) is 0. The number of nitrogens with zero attached hydrogens (tertiary/aromatic N) is 5. The fourth-order valence-corrected chi connectivity index (χ4v) is 6.02. The third-order valence-electron chi connectivity index (χ3n) is 6.56. The number of halogens is 3. The number of rotatable bonds is 2. The Balaban J connectivity index is 0.00000133. The van der Waals surface area contributed by atoms with Crippen molar-refractivity contribution in [1.82, 2.24) is 24.9 Å². The molecule has 1 saturated heterocycles. The number of ether oxygens (including phenoxy) is 1. The summed E-state index contributed by atoms with van der Waals surface area (Å²) in [5.41, 5.74) is 4.50. The van der Waals surface area contributed by atoms with Crippen LogP contribution in [0.15, 0.2) is 16.9 Å². The van der Waals surface area contributed by atoms with Crippen molar-refractivity contribution in [2.75, 3.05) is 13.1 Å². The molecule has 1 aliphatic heterocycles. The Bertz CT molecular complexity index is 1240. The Kier molecular flexibility index (Phi) is 7.48. The maximum atomic E-state index is 12.3. The van der Waals surface area contributed by atoms with Gasteiger partial charge in [0.15, 0.2) is 0 Å².